The summed E-state index contributed by atoms with van der Waals surface area (Å²) in [7, 11) is 0. The first-order valence-electron chi connectivity index (χ1n) is 7.30. The van der Waals surface area contributed by atoms with Crippen LogP contribution in [0.2, 0.25) is 0 Å². The third kappa shape index (κ3) is 4.53. The van der Waals surface area contributed by atoms with Crippen LogP contribution in [0, 0.1) is 16.0 Å². The molecule has 2 rings (SSSR count). The molecule has 1 fully saturated rings. The molecule has 1 aromatic carbocycles. The van der Waals surface area contributed by atoms with Gasteiger partial charge in [0.15, 0.2) is 0 Å². The molecule has 1 heterocycles. The fourth-order valence-electron chi connectivity index (χ4n) is 2.63. The second-order valence-electron chi connectivity index (χ2n) is 5.54. The smallest absolute Gasteiger partial charge is 0.269 e. The number of nitro groups is 1. The average molecular weight is 291 g/mol. The standard InChI is InChI=1S/C15H21N3O3/c1-11-10-13(7-9-16-11)15(19)17-8-6-12-2-4-14(5-3-12)18(20)21/h2-5,11,13,16H,6-10H2,1H3,(H,17,19)/t11-,13-/m0/s1. The van der Waals surface area contributed by atoms with Gasteiger partial charge in [-0.3, -0.25) is 14.9 Å². The van der Waals surface area contributed by atoms with E-state index in [4.69, 9.17) is 0 Å². The SMILES string of the molecule is C[C@H]1C[C@@H](C(=O)NCCc2ccc([N+](=O)[O-])cc2)CCN1. The summed E-state index contributed by atoms with van der Waals surface area (Å²) in [4.78, 5) is 22.2. The van der Waals surface area contributed by atoms with Crippen molar-refractivity contribution in [3.63, 3.8) is 0 Å². The fourth-order valence-corrected chi connectivity index (χ4v) is 2.63. The van der Waals surface area contributed by atoms with Crippen molar-refractivity contribution >= 4 is 11.6 Å². The van der Waals surface area contributed by atoms with Gasteiger partial charge in [-0.15, -0.1) is 0 Å². The number of rotatable bonds is 5. The van der Waals surface area contributed by atoms with Crippen molar-refractivity contribution in [2.75, 3.05) is 13.1 Å². The number of nitro benzene ring substituents is 1. The molecule has 114 valence electrons. The molecule has 0 bridgehead atoms. The molecule has 6 heteroatoms. The molecular formula is C15H21N3O3. The Morgan fingerprint density at radius 3 is 2.76 bits per heavy atom. The Hall–Kier alpha value is -1.95. The molecule has 0 spiro atoms. The summed E-state index contributed by atoms with van der Waals surface area (Å²) in [6.45, 7) is 3.55. The topological polar surface area (TPSA) is 84.3 Å². The summed E-state index contributed by atoms with van der Waals surface area (Å²) in [6.07, 6.45) is 2.45. The lowest BCUT2D eigenvalue weighted by Crippen LogP contribution is -2.42. The third-order valence-corrected chi connectivity index (χ3v) is 3.85. The Labute approximate surface area is 124 Å². The Morgan fingerprint density at radius 1 is 1.43 bits per heavy atom. The minimum absolute atomic E-state index is 0.0893. The number of benzene rings is 1. The summed E-state index contributed by atoms with van der Waals surface area (Å²) >= 11 is 0. The maximum absolute atomic E-state index is 12.0. The van der Waals surface area contributed by atoms with Crippen LogP contribution in [0.4, 0.5) is 5.69 Å². The van der Waals surface area contributed by atoms with Crippen LogP contribution in [0.3, 0.4) is 0 Å². The Morgan fingerprint density at radius 2 is 2.14 bits per heavy atom. The lowest BCUT2D eigenvalue weighted by molar-refractivity contribution is -0.384. The second-order valence-corrected chi connectivity index (χ2v) is 5.54. The third-order valence-electron chi connectivity index (χ3n) is 3.85. The maximum Gasteiger partial charge on any atom is 0.269 e. The van der Waals surface area contributed by atoms with E-state index < -0.39 is 4.92 Å². The second kappa shape index (κ2) is 7.17. The van der Waals surface area contributed by atoms with E-state index in [0.717, 1.165) is 24.9 Å². The highest BCUT2D eigenvalue weighted by Crippen LogP contribution is 2.16. The van der Waals surface area contributed by atoms with Gasteiger partial charge in [0.1, 0.15) is 0 Å². The van der Waals surface area contributed by atoms with Crippen molar-refractivity contribution in [3.05, 3.63) is 39.9 Å². The molecule has 1 aromatic rings. The summed E-state index contributed by atoms with van der Waals surface area (Å²) in [5, 5.41) is 16.8. The zero-order chi connectivity index (χ0) is 15.2. The molecule has 0 radical (unpaired) electrons. The van der Waals surface area contributed by atoms with E-state index in [-0.39, 0.29) is 17.5 Å². The highest BCUT2D eigenvalue weighted by atomic mass is 16.6. The van der Waals surface area contributed by atoms with Crippen molar-refractivity contribution < 1.29 is 9.72 Å². The normalized spacial score (nSPS) is 21.8. The molecule has 1 aliphatic heterocycles. The number of piperidine rings is 1. The largest absolute Gasteiger partial charge is 0.356 e. The summed E-state index contributed by atoms with van der Waals surface area (Å²) in [5.41, 5.74) is 1.08. The molecule has 2 N–H and O–H groups in total. The van der Waals surface area contributed by atoms with Crippen LogP contribution in [-0.2, 0) is 11.2 Å². The first-order chi connectivity index (χ1) is 10.1. The predicted octanol–water partition coefficient (Wildman–Crippen LogP) is 1.64. The van der Waals surface area contributed by atoms with Gasteiger partial charge < -0.3 is 10.6 Å². The first kappa shape index (κ1) is 15.4. The van der Waals surface area contributed by atoms with Crippen LogP contribution in [0.1, 0.15) is 25.3 Å². The molecule has 1 aliphatic rings. The molecule has 2 atom stereocenters. The van der Waals surface area contributed by atoms with Crippen molar-refractivity contribution in [1.29, 1.82) is 0 Å². The van der Waals surface area contributed by atoms with E-state index in [1.165, 1.54) is 12.1 Å². The molecule has 0 unspecified atom stereocenters. The van der Waals surface area contributed by atoms with Crippen LogP contribution in [0.25, 0.3) is 0 Å². The molecule has 0 aromatic heterocycles. The van der Waals surface area contributed by atoms with E-state index in [2.05, 4.69) is 17.6 Å². The lowest BCUT2D eigenvalue weighted by atomic mass is 9.92. The Kier molecular flexibility index (Phi) is 5.27. The van der Waals surface area contributed by atoms with Gasteiger partial charge >= 0.3 is 0 Å². The molecular weight excluding hydrogens is 270 g/mol. The Balaban J connectivity index is 1.75. The minimum atomic E-state index is -0.413. The Bertz CT molecular complexity index is 501. The zero-order valence-corrected chi connectivity index (χ0v) is 12.2. The van der Waals surface area contributed by atoms with E-state index >= 15 is 0 Å². The molecule has 6 nitrogen and oxygen atoms in total. The monoisotopic (exact) mass is 291 g/mol. The minimum Gasteiger partial charge on any atom is -0.356 e. The van der Waals surface area contributed by atoms with Crippen LogP contribution < -0.4 is 10.6 Å². The van der Waals surface area contributed by atoms with Crippen LogP contribution in [-0.4, -0.2) is 30.0 Å². The van der Waals surface area contributed by atoms with Crippen molar-refractivity contribution in [2.24, 2.45) is 5.92 Å². The highest BCUT2D eigenvalue weighted by molar-refractivity contribution is 5.78. The molecule has 1 amide bonds. The van der Waals surface area contributed by atoms with Gasteiger partial charge in [-0.2, -0.15) is 0 Å². The molecule has 21 heavy (non-hydrogen) atoms. The van der Waals surface area contributed by atoms with E-state index in [9.17, 15) is 14.9 Å². The first-order valence-corrected chi connectivity index (χ1v) is 7.30. The maximum atomic E-state index is 12.0. The van der Waals surface area contributed by atoms with Crippen molar-refractivity contribution in [1.82, 2.24) is 10.6 Å². The summed E-state index contributed by atoms with van der Waals surface area (Å²) in [6, 6.07) is 6.84. The zero-order valence-electron chi connectivity index (χ0n) is 12.2. The number of carbonyl (C=O) groups is 1. The number of carbonyl (C=O) groups excluding carboxylic acids is 1. The van der Waals surface area contributed by atoms with Gasteiger partial charge in [0.05, 0.1) is 4.92 Å². The van der Waals surface area contributed by atoms with Crippen molar-refractivity contribution in [2.45, 2.75) is 32.2 Å². The molecule has 0 saturated carbocycles. The summed E-state index contributed by atoms with van der Waals surface area (Å²) < 4.78 is 0. The van der Waals surface area contributed by atoms with Gasteiger partial charge in [0, 0.05) is 30.6 Å². The van der Waals surface area contributed by atoms with E-state index in [1.54, 1.807) is 12.1 Å². The van der Waals surface area contributed by atoms with Gasteiger partial charge in [-0.05, 0) is 38.3 Å². The van der Waals surface area contributed by atoms with Crippen molar-refractivity contribution in [3.8, 4) is 0 Å². The number of hydrogen-bond donors (Lipinski definition) is 2. The number of non-ortho nitro benzene ring substituents is 1. The van der Waals surface area contributed by atoms with Crippen LogP contribution in [0.15, 0.2) is 24.3 Å². The average Bonchev–Trinajstić information content (AvgIpc) is 2.47. The van der Waals surface area contributed by atoms with Gasteiger partial charge in [-0.1, -0.05) is 12.1 Å². The van der Waals surface area contributed by atoms with E-state index in [0.29, 0.717) is 19.0 Å². The molecule has 0 aliphatic carbocycles. The van der Waals surface area contributed by atoms with Gasteiger partial charge in [0.2, 0.25) is 5.91 Å². The fraction of sp³-hybridized carbons (Fsp3) is 0.533. The van der Waals surface area contributed by atoms with E-state index in [1.807, 2.05) is 0 Å². The number of hydrogen-bond acceptors (Lipinski definition) is 4. The molecule has 1 saturated heterocycles. The number of amides is 1. The number of nitrogens with zero attached hydrogens (tertiary/aromatic N) is 1. The van der Waals surface area contributed by atoms with Crippen LogP contribution >= 0.6 is 0 Å². The van der Waals surface area contributed by atoms with Gasteiger partial charge in [-0.25, -0.2) is 0 Å². The highest BCUT2D eigenvalue weighted by Gasteiger charge is 2.24. The predicted molar refractivity (Wildman–Crippen MR) is 80.0 cm³/mol. The summed E-state index contributed by atoms with van der Waals surface area (Å²) in [5.74, 6) is 0.211. The quantitative estimate of drug-likeness (QED) is 0.638. The number of nitrogens with one attached hydrogen (secondary N) is 2. The van der Waals surface area contributed by atoms with Crippen LogP contribution in [0.5, 0.6) is 0 Å². The van der Waals surface area contributed by atoms with Gasteiger partial charge in [0.25, 0.3) is 5.69 Å². The lowest BCUT2D eigenvalue weighted by Gasteiger charge is -2.27.